The van der Waals surface area contributed by atoms with Crippen molar-refractivity contribution in [2.24, 2.45) is 0 Å². The smallest absolute Gasteiger partial charge is 0.263 e. The Morgan fingerprint density at radius 3 is 2.33 bits per heavy atom. The zero-order chi connectivity index (χ0) is 15.5. The second-order valence-electron chi connectivity index (χ2n) is 4.02. The lowest BCUT2D eigenvalue weighted by Gasteiger charge is -2.10. The number of hydrogen-bond donors (Lipinski definition) is 1. The minimum Gasteiger partial charge on any atom is -0.278 e. The van der Waals surface area contributed by atoms with Gasteiger partial charge in [-0.2, -0.15) is 10.5 Å². The van der Waals surface area contributed by atoms with Crippen LogP contribution in [-0.2, 0) is 10.0 Å². The Morgan fingerprint density at radius 1 is 1.00 bits per heavy atom. The molecule has 0 atom stereocenters. The first-order valence-electron chi connectivity index (χ1n) is 5.69. The van der Waals surface area contributed by atoms with Crippen LogP contribution < -0.4 is 4.72 Å². The summed E-state index contributed by atoms with van der Waals surface area (Å²) in [7, 11) is -3.99. The maximum Gasteiger partial charge on any atom is 0.263 e. The number of nitriles is 2. The third kappa shape index (κ3) is 3.14. The summed E-state index contributed by atoms with van der Waals surface area (Å²) < 4.78 is 27.0. The summed E-state index contributed by atoms with van der Waals surface area (Å²) in [5.74, 6) is 0. The molecule has 0 fully saturated rings. The maximum absolute atomic E-state index is 12.3. The number of hydrogen-bond acceptors (Lipinski definition) is 4. The molecule has 0 aliphatic heterocycles. The molecule has 2 aromatic rings. The molecule has 0 radical (unpaired) electrons. The lowest BCUT2D eigenvalue weighted by molar-refractivity contribution is 0.601. The van der Waals surface area contributed by atoms with Crippen LogP contribution in [0.2, 0.25) is 5.02 Å². The molecule has 5 nitrogen and oxygen atoms in total. The van der Waals surface area contributed by atoms with Gasteiger partial charge in [-0.05, 0) is 30.3 Å². The number of nitrogens with zero attached hydrogens (tertiary/aromatic N) is 2. The third-order valence-electron chi connectivity index (χ3n) is 2.64. The predicted octanol–water partition coefficient (Wildman–Crippen LogP) is 2.88. The molecule has 0 saturated carbocycles. The van der Waals surface area contributed by atoms with Crippen LogP contribution in [0.4, 0.5) is 5.69 Å². The lowest BCUT2D eigenvalue weighted by Crippen LogP contribution is -2.15. The number of nitrogens with one attached hydrogen (secondary N) is 1. The molecule has 0 aliphatic carbocycles. The highest BCUT2D eigenvalue weighted by atomic mass is 35.5. The fraction of sp³-hybridized carbons (Fsp3) is 0. The minimum atomic E-state index is -3.99. The molecule has 2 rings (SSSR count). The van der Waals surface area contributed by atoms with E-state index in [0.717, 1.165) is 0 Å². The largest absolute Gasteiger partial charge is 0.278 e. The average molecular weight is 318 g/mol. The van der Waals surface area contributed by atoms with Crippen LogP contribution in [0, 0.1) is 22.7 Å². The molecule has 0 spiro atoms. The fourth-order valence-corrected chi connectivity index (χ4v) is 3.09. The van der Waals surface area contributed by atoms with E-state index in [1.165, 1.54) is 36.4 Å². The highest BCUT2D eigenvalue weighted by Gasteiger charge is 2.19. The van der Waals surface area contributed by atoms with Gasteiger partial charge in [0.05, 0.1) is 16.8 Å². The van der Waals surface area contributed by atoms with Crippen molar-refractivity contribution in [3.05, 3.63) is 58.6 Å². The van der Waals surface area contributed by atoms with E-state index in [1.54, 1.807) is 6.07 Å². The summed E-state index contributed by atoms with van der Waals surface area (Å²) in [5.41, 5.74) is 0.223. The Bertz CT molecular complexity index is 880. The van der Waals surface area contributed by atoms with Crippen LogP contribution in [0.1, 0.15) is 11.1 Å². The molecule has 0 bridgehead atoms. The first-order valence-corrected chi connectivity index (χ1v) is 7.55. The van der Waals surface area contributed by atoms with Crippen molar-refractivity contribution in [2.45, 2.75) is 4.90 Å². The van der Waals surface area contributed by atoms with Crippen molar-refractivity contribution in [3.8, 4) is 12.1 Å². The van der Waals surface area contributed by atoms with Gasteiger partial charge in [-0.1, -0.05) is 23.7 Å². The summed E-state index contributed by atoms with van der Waals surface area (Å²) >= 11 is 5.81. The Hall–Kier alpha value is -2.54. The van der Waals surface area contributed by atoms with Crippen molar-refractivity contribution >= 4 is 27.3 Å². The second kappa shape index (κ2) is 5.84. The molecule has 1 N–H and O–H groups in total. The van der Waals surface area contributed by atoms with Crippen molar-refractivity contribution in [3.63, 3.8) is 0 Å². The van der Waals surface area contributed by atoms with E-state index in [4.69, 9.17) is 22.1 Å². The molecule has 0 amide bonds. The predicted molar refractivity (Wildman–Crippen MR) is 78.1 cm³/mol. The van der Waals surface area contributed by atoms with Crippen LogP contribution in [-0.4, -0.2) is 8.42 Å². The lowest BCUT2D eigenvalue weighted by atomic mass is 10.2. The highest BCUT2D eigenvalue weighted by Crippen LogP contribution is 2.24. The Morgan fingerprint density at radius 2 is 1.67 bits per heavy atom. The first kappa shape index (κ1) is 14.9. The van der Waals surface area contributed by atoms with Crippen LogP contribution in [0.5, 0.6) is 0 Å². The zero-order valence-corrected chi connectivity index (χ0v) is 12.1. The van der Waals surface area contributed by atoms with Gasteiger partial charge in [0.2, 0.25) is 0 Å². The van der Waals surface area contributed by atoms with E-state index in [0.29, 0.717) is 5.02 Å². The molecule has 104 valence electrons. The van der Waals surface area contributed by atoms with Crippen molar-refractivity contribution in [1.29, 1.82) is 10.5 Å². The summed E-state index contributed by atoms with van der Waals surface area (Å²) in [5, 5.41) is 18.3. The van der Waals surface area contributed by atoms with Gasteiger partial charge in [0.25, 0.3) is 10.0 Å². The van der Waals surface area contributed by atoms with Crippen molar-refractivity contribution in [1.82, 2.24) is 0 Å². The van der Waals surface area contributed by atoms with Gasteiger partial charge in [0.1, 0.15) is 17.0 Å². The summed E-state index contributed by atoms with van der Waals surface area (Å²) in [6.07, 6.45) is 0. The van der Waals surface area contributed by atoms with Gasteiger partial charge >= 0.3 is 0 Å². The minimum absolute atomic E-state index is 0.0190. The molecule has 0 heterocycles. The monoisotopic (exact) mass is 317 g/mol. The fourth-order valence-electron chi connectivity index (χ4n) is 1.69. The van der Waals surface area contributed by atoms with Gasteiger partial charge in [-0.3, -0.25) is 4.72 Å². The van der Waals surface area contributed by atoms with Crippen LogP contribution in [0.25, 0.3) is 0 Å². The zero-order valence-electron chi connectivity index (χ0n) is 10.5. The number of rotatable bonds is 3. The normalized spacial score (nSPS) is 10.4. The van der Waals surface area contributed by atoms with Gasteiger partial charge in [-0.15, -0.1) is 0 Å². The SMILES string of the molecule is N#Cc1ccc(Cl)cc1NS(=O)(=O)c1ccccc1C#N. The van der Waals surface area contributed by atoms with E-state index in [-0.39, 0.29) is 21.7 Å². The summed E-state index contributed by atoms with van der Waals surface area (Å²) in [4.78, 5) is -0.156. The van der Waals surface area contributed by atoms with Gasteiger partial charge < -0.3 is 0 Å². The van der Waals surface area contributed by atoms with Crippen LogP contribution in [0.3, 0.4) is 0 Å². The summed E-state index contributed by atoms with van der Waals surface area (Å²) in [6, 6.07) is 13.7. The number of halogens is 1. The molecule has 0 saturated heterocycles. The Balaban J connectivity index is 2.51. The van der Waals surface area contributed by atoms with Gasteiger partial charge in [0, 0.05) is 5.02 Å². The van der Waals surface area contributed by atoms with Crippen molar-refractivity contribution in [2.75, 3.05) is 4.72 Å². The maximum atomic E-state index is 12.3. The van der Waals surface area contributed by atoms with Crippen LogP contribution >= 0.6 is 11.6 Å². The molecule has 7 heteroatoms. The quantitative estimate of drug-likeness (QED) is 0.941. The topological polar surface area (TPSA) is 93.8 Å². The third-order valence-corrected chi connectivity index (χ3v) is 4.30. The molecule has 0 unspecified atom stereocenters. The molecule has 2 aromatic carbocycles. The van der Waals surface area contributed by atoms with Crippen LogP contribution in [0.15, 0.2) is 47.4 Å². The van der Waals surface area contributed by atoms with E-state index >= 15 is 0 Å². The summed E-state index contributed by atoms with van der Waals surface area (Å²) in [6.45, 7) is 0. The Labute approximate surface area is 127 Å². The van der Waals surface area contributed by atoms with E-state index in [9.17, 15) is 8.42 Å². The van der Waals surface area contributed by atoms with E-state index in [1.807, 2.05) is 12.1 Å². The number of benzene rings is 2. The molecule has 21 heavy (non-hydrogen) atoms. The number of sulfonamides is 1. The second-order valence-corrected chi connectivity index (χ2v) is 6.10. The van der Waals surface area contributed by atoms with Gasteiger partial charge in [-0.25, -0.2) is 8.42 Å². The average Bonchev–Trinajstić information content (AvgIpc) is 2.47. The molecular formula is C14H8ClN3O2S. The molecular weight excluding hydrogens is 310 g/mol. The first-order chi connectivity index (χ1) is 9.97. The highest BCUT2D eigenvalue weighted by molar-refractivity contribution is 7.92. The molecule has 0 aromatic heterocycles. The van der Waals surface area contributed by atoms with E-state index in [2.05, 4.69) is 4.72 Å². The van der Waals surface area contributed by atoms with Gasteiger partial charge in [0.15, 0.2) is 0 Å². The molecule has 0 aliphatic rings. The standard InChI is InChI=1S/C14H8ClN3O2S/c15-12-6-5-10(8-16)13(7-12)18-21(19,20)14-4-2-1-3-11(14)9-17/h1-7,18H. The Kier molecular flexibility index (Phi) is 4.13. The van der Waals surface area contributed by atoms with E-state index < -0.39 is 10.0 Å². The van der Waals surface area contributed by atoms with Crippen molar-refractivity contribution < 1.29 is 8.42 Å². The number of anilines is 1.